The molecule has 10 rings (SSSR count). The third kappa shape index (κ3) is 5.71. The van der Waals surface area contributed by atoms with Gasteiger partial charge in [0, 0.05) is 11.3 Å². The molecule has 0 saturated carbocycles. The molecule has 1 aromatic heterocycles. The van der Waals surface area contributed by atoms with E-state index in [1.807, 2.05) is 6.07 Å². The Bertz CT molecular complexity index is 3260. The van der Waals surface area contributed by atoms with E-state index < -0.39 is 0 Å². The van der Waals surface area contributed by atoms with Gasteiger partial charge in [-0.25, -0.2) is 4.98 Å². The van der Waals surface area contributed by atoms with E-state index >= 15 is 0 Å². The topological polar surface area (TPSA) is 17.8 Å². The van der Waals surface area contributed by atoms with E-state index in [0.717, 1.165) is 49.7 Å². The maximum atomic E-state index is 5.12. The number of nitrogens with zero attached hydrogens (tertiary/aromatic N) is 2. The van der Waals surface area contributed by atoms with Crippen molar-refractivity contribution in [3.8, 4) is 39.3 Å². The van der Waals surface area contributed by atoms with Crippen molar-refractivity contribution in [2.75, 3.05) is 0 Å². The normalized spacial score (nSPS) is 12.3. The van der Waals surface area contributed by atoms with E-state index in [4.69, 9.17) is 4.98 Å². The standard InChI is InChI=1S/C54H38N2/c1-3-37(33-41-17-8-7-15-36(41)2)52-46-21-11-12-22-47(46)53(44-30-27-38-16-9-10-18-42(38)34-44)48-32-31-43(35-49(48)52)39-25-28-40(29-26-39)54-55-50-23-13-14-24-51(50)56(54)45-19-5-4-6-20-45/h3-35H,2H2,1H3/b37-3+,41-33-. The Kier molecular flexibility index (Phi) is 8.23. The van der Waals surface area contributed by atoms with Crippen LogP contribution < -0.4 is 10.4 Å². The average molecular weight is 715 g/mol. The SMILES string of the molecule is C=c1cccc/c1=C/C(=C\C)c1c2ccccc2c(-c2ccc3ccccc3c2)c2ccc(-c3ccc(-c4nc5ccccc5n4-c4ccccc4)cc3)cc12. The summed E-state index contributed by atoms with van der Waals surface area (Å²) in [6, 6.07) is 67.5. The first-order valence-corrected chi connectivity index (χ1v) is 19.2. The van der Waals surface area contributed by atoms with Crippen LogP contribution in [0.25, 0.3) is 101 Å². The van der Waals surface area contributed by atoms with E-state index in [9.17, 15) is 0 Å². The molecule has 0 amide bonds. The zero-order valence-electron chi connectivity index (χ0n) is 31.2. The van der Waals surface area contributed by atoms with E-state index in [1.54, 1.807) is 0 Å². The quantitative estimate of drug-likeness (QED) is 0.157. The first-order chi connectivity index (χ1) is 27.6. The molecule has 0 aliphatic heterocycles. The molecular formula is C54H38N2. The summed E-state index contributed by atoms with van der Waals surface area (Å²) in [5.41, 5.74) is 11.4. The highest BCUT2D eigenvalue weighted by Gasteiger charge is 2.19. The molecule has 0 aliphatic carbocycles. The lowest BCUT2D eigenvalue weighted by molar-refractivity contribution is 1.10. The molecule has 0 atom stereocenters. The lowest BCUT2D eigenvalue weighted by Gasteiger charge is -2.19. The van der Waals surface area contributed by atoms with Crippen molar-refractivity contribution in [3.05, 3.63) is 210 Å². The van der Waals surface area contributed by atoms with E-state index in [0.29, 0.717) is 0 Å². The summed E-state index contributed by atoms with van der Waals surface area (Å²) in [4.78, 5) is 5.12. The van der Waals surface area contributed by atoms with Gasteiger partial charge in [-0.2, -0.15) is 0 Å². The molecule has 10 aromatic rings. The zero-order valence-corrected chi connectivity index (χ0v) is 31.2. The van der Waals surface area contributed by atoms with E-state index in [1.165, 1.54) is 54.6 Å². The van der Waals surface area contributed by atoms with Crippen LogP contribution >= 0.6 is 0 Å². The van der Waals surface area contributed by atoms with E-state index in [2.05, 4.69) is 212 Å². The molecule has 0 radical (unpaired) electrons. The third-order valence-corrected chi connectivity index (χ3v) is 11.1. The van der Waals surface area contributed by atoms with Gasteiger partial charge in [-0.05, 0) is 126 Å². The van der Waals surface area contributed by atoms with Gasteiger partial charge in [0.15, 0.2) is 0 Å². The molecule has 1 heterocycles. The van der Waals surface area contributed by atoms with Crippen LogP contribution in [0.1, 0.15) is 12.5 Å². The number of aromatic nitrogens is 2. The maximum Gasteiger partial charge on any atom is 0.145 e. The lowest BCUT2D eigenvalue weighted by atomic mass is 9.84. The molecule has 0 fully saturated rings. The van der Waals surface area contributed by atoms with Crippen molar-refractivity contribution in [3.63, 3.8) is 0 Å². The molecule has 0 saturated heterocycles. The summed E-state index contributed by atoms with van der Waals surface area (Å²) in [6.45, 7) is 6.50. The molecular weight excluding hydrogens is 677 g/mol. The van der Waals surface area contributed by atoms with Gasteiger partial charge in [-0.1, -0.05) is 164 Å². The molecule has 2 heteroatoms. The highest BCUT2D eigenvalue weighted by molar-refractivity contribution is 6.21. The summed E-state index contributed by atoms with van der Waals surface area (Å²) in [5.74, 6) is 0.926. The number of rotatable bonds is 6. The predicted octanol–water partition coefficient (Wildman–Crippen LogP) is 12.8. The summed E-state index contributed by atoms with van der Waals surface area (Å²) < 4.78 is 2.26. The second kappa shape index (κ2) is 13.8. The highest BCUT2D eigenvalue weighted by atomic mass is 15.1. The highest BCUT2D eigenvalue weighted by Crippen LogP contribution is 2.44. The fourth-order valence-corrected chi connectivity index (χ4v) is 8.34. The van der Waals surface area contributed by atoms with Crippen LogP contribution in [0.15, 0.2) is 194 Å². The minimum absolute atomic E-state index is 0.926. The van der Waals surface area contributed by atoms with Crippen LogP contribution in [0.4, 0.5) is 0 Å². The second-order valence-corrected chi connectivity index (χ2v) is 14.4. The fraction of sp³-hybridized carbons (Fsp3) is 0.0185. The summed E-state index contributed by atoms with van der Waals surface area (Å²) in [7, 11) is 0. The van der Waals surface area contributed by atoms with Gasteiger partial charge in [0.05, 0.1) is 11.0 Å². The van der Waals surface area contributed by atoms with Crippen LogP contribution in [0.5, 0.6) is 0 Å². The van der Waals surface area contributed by atoms with Crippen LogP contribution in [0.3, 0.4) is 0 Å². The van der Waals surface area contributed by atoms with Gasteiger partial charge in [-0.3, -0.25) is 4.57 Å². The lowest BCUT2D eigenvalue weighted by Crippen LogP contribution is -2.21. The van der Waals surface area contributed by atoms with Crippen molar-refractivity contribution >= 4 is 61.6 Å². The van der Waals surface area contributed by atoms with Crippen molar-refractivity contribution in [1.29, 1.82) is 0 Å². The maximum absolute atomic E-state index is 5.12. The minimum atomic E-state index is 0.926. The number of para-hydroxylation sites is 3. The smallest absolute Gasteiger partial charge is 0.145 e. The van der Waals surface area contributed by atoms with Crippen LogP contribution in [-0.4, -0.2) is 9.55 Å². The second-order valence-electron chi connectivity index (χ2n) is 14.4. The first-order valence-electron chi connectivity index (χ1n) is 19.2. The molecule has 0 spiro atoms. The zero-order chi connectivity index (χ0) is 37.6. The Hall–Kier alpha value is -7.29. The largest absolute Gasteiger partial charge is 0.292 e. The number of fused-ring (bicyclic) bond motifs is 4. The predicted molar refractivity (Wildman–Crippen MR) is 239 cm³/mol. The summed E-state index contributed by atoms with van der Waals surface area (Å²) in [5, 5.41) is 9.49. The van der Waals surface area contributed by atoms with Crippen LogP contribution in [0.2, 0.25) is 0 Å². The van der Waals surface area contributed by atoms with Gasteiger partial charge < -0.3 is 0 Å². The summed E-state index contributed by atoms with van der Waals surface area (Å²) >= 11 is 0. The molecule has 0 unspecified atom stereocenters. The molecule has 264 valence electrons. The molecule has 0 aliphatic rings. The van der Waals surface area contributed by atoms with Crippen LogP contribution in [-0.2, 0) is 0 Å². The minimum Gasteiger partial charge on any atom is -0.292 e. The van der Waals surface area contributed by atoms with Crippen molar-refractivity contribution in [1.82, 2.24) is 9.55 Å². The van der Waals surface area contributed by atoms with Crippen molar-refractivity contribution in [2.45, 2.75) is 6.92 Å². The number of hydrogen-bond donors (Lipinski definition) is 0. The average Bonchev–Trinajstić information content (AvgIpc) is 3.65. The van der Waals surface area contributed by atoms with Crippen molar-refractivity contribution in [2.24, 2.45) is 0 Å². The van der Waals surface area contributed by atoms with Gasteiger partial charge in [0.2, 0.25) is 0 Å². The Morgan fingerprint density at radius 3 is 1.98 bits per heavy atom. The Morgan fingerprint density at radius 2 is 1.16 bits per heavy atom. The van der Waals surface area contributed by atoms with Crippen LogP contribution in [0, 0.1) is 0 Å². The fourth-order valence-electron chi connectivity index (χ4n) is 8.34. The molecule has 56 heavy (non-hydrogen) atoms. The van der Waals surface area contributed by atoms with Crippen molar-refractivity contribution < 1.29 is 0 Å². The van der Waals surface area contributed by atoms with Gasteiger partial charge in [-0.15, -0.1) is 0 Å². The molecule has 9 aromatic carbocycles. The third-order valence-electron chi connectivity index (χ3n) is 11.1. The summed E-state index contributed by atoms with van der Waals surface area (Å²) in [6.07, 6.45) is 4.53. The Labute approximate surface area is 326 Å². The Balaban J connectivity index is 1.19. The number of imidazole rings is 1. The number of hydrogen-bond acceptors (Lipinski definition) is 1. The van der Waals surface area contributed by atoms with Gasteiger partial charge in [0.25, 0.3) is 0 Å². The van der Waals surface area contributed by atoms with Gasteiger partial charge in [0.1, 0.15) is 5.82 Å². The Morgan fingerprint density at radius 1 is 0.518 bits per heavy atom. The molecule has 0 N–H and O–H groups in total. The monoisotopic (exact) mass is 714 g/mol. The molecule has 0 bridgehead atoms. The number of allylic oxidation sites excluding steroid dienone is 2. The van der Waals surface area contributed by atoms with Gasteiger partial charge >= 0.3 is 0 Å². The number of benzene rings is 9. The molecule has 2 nitrogen and oxygen atoms in total. The van der Waals surface area contributed by atoms with E-state index in [-0.39, 0.29) is 0 Å². The first kappa shape index (κ1) is 33.3.